The Kier molecular flexibility index (Phi) is 4.43. The van der Waals surface area contributed by atoms with Gasteiger partial charge in [-0.2, -0.15) is 15.4 Å². The van der Waals surface area contributed by atoms with Gasteiger partial charge in [-0.3, -0.25) is 9.59 Å². The summed E-state index contributed by atoms with van der Waals surface area (Å²) in [6.45, 7) is 4.12. The van der Waals surface area contributed by atoms with E-state index in [0.717, 1.165) is 0 Å². The van der Waals surface area contributed by atoms with Crippen molar-refractivity contribution in [1.29, 1.82) is 0 Å². The first-order valence-corrected chi connectivity index (χ1v) is 4.99. The van der Waals surface area contributed by atoms with Gasteiger partial charge >= 0.3 is 5.97 Å². The van der Waals surface area contributed by atoms with Gasteiger partial charge in [-0.1, -0.05) is 0 Å². The highest BCUT2D eigenvalue weighted by Crippen LogP contribution is 1.99. The highest BCUT2D eigenvalue weighted by molar-refractivity contribution is 5.93. The summed E-state index contributed by atoms with van der Waals surface area (Å²) in [6.07, 6.45) is 1.32. The summed E-state index contributed by atoms with van der Waals surface area (Å²) in [7, 11) is 0. The van der Waals surface area contributed by atoms with E-state index in [1.807, 2.05) is 0 Å². The molecule has 7 heteroatoms. The number of H-pyrrole nitrogens is 1. The second-order valence-corrected chi connectivity index (χ2v) is 2.98. The molecule has 0 saturated heterocycles. The van der Waals surface area contributed by atoms with E-state index in [9.17, 15) is 9.59 Å². The van der Waals surface area contributed by atoms with Crippen molar-refractivity contribution in [2.45, 2.75) is 13.8 Å². The van der Waals surface area contributed by atoms with Crippen LogP contribution in [0.3, 0.4) is 0 Å². The van der Waals surface area contributed by atoms with Gasteiger partial charge in [0.15, 0.2) is 5.69 Å². The monoisotopic (exact) mass is 226 g/mol. The zero-order chi connectivity index (χ0) is 12.0. The van der Waals surface area contributed by atoms with Crippen LogP contribution in [0.5, 0.6) is 0 Å². The quantitative estimate of drug-likeness (QED) is 0.704. The summed E-state index contributed by atoms with van der Waals surface area (Å²) in [4.78, 5) is 24.3. The molecular weight excluding hydrogens is 212 g/mol. The first kappa shape index (κ1) is 12.2. The number of aromatic amines is 1. The summed E-state index contributed by atoms with van der Waals surface area (Å²) in [5.74, 6) is -0.773. The van der Waals surface area contributed by atoms with E-state index in [1.165, 1.54) is 11.1 Å². The number of likely N-dealkylation sites (N-methyl/N-ethyl adjacent to an activating group) is 1. The van der Waals surface area contributed by atoms with Crippen LogP contribution in [0.4, 0.5) is 0 Å². The largest absolute Gasteiger partial charge is 0.465 e. The number of nitrogens with zero attached hydrogens (tertiary/aromatic N) is 3. The number of hydrogen-bond acceptors (Lipinski definition) is 5. The first-order chi connectivity index (χ1) is 7.69. The number of esters is 1. The Labute approximate surface area is 92.8 Å². The standard InChI is InChI=1S/C9H14N4O3/c1-3-13(6-8(14)16-4-2)9(15)7-5-10-12-11-7/h5H,3-4,6H2,1-2H3,(H,10,11,12). The SMILES string of the molecule is CCOC(=O)CN(CC)C(=O)c1cn[nH]n1. The number of ether oxygens (including phenoxy) is 1. The Balaban J connectivity index is 2.61. The van der Waals surface area contributed by atoms with Gasteiger partial charge in [0.2, 0.25) is 0 Å². The number of nitrogens with one attached hydrogen (secondary N) is 1. The number of rotatable bonds is 5. The zero-order valence-corrected chi connectivity index (χ0v) is 9.27. The normalized spacial score (nSPS) is 9.88. The molecule has 0 radical (unpaired) electrons. The third-order valence-electron chi connectivity index (χ3n) is 1.93. The summed E-state index contributed by atoms with van der Waals surface area (Å²) in [5, 5.41) is 9.54. The van der Waals surface area contributed by atoms with Crippen LogP contribution in [0.25, 0.3) is 0 Å². The molecule has 0 saturated carbocycles. The molecule has 1 aromatic heterocycles. The fraction of sp³-hybridized carbons (Fsp3) is 0.556. The van der Waals surface area contributed by atoms with Crippen molar-refractivity contribution in [1.82, 2.24) is 20.3 Å². The lowest BCUT2D eigenvalue weighted by Crippen LogP contribution is -2.36. The predicted octanol–water partition coefficient (Wildman–Crippen LogP) is -0.170. The molecule has 7 nitrogen and oxygen atoms in total. The molecule has 1 rings (SSSR count). The van der Waals surface area contributed by atoms with Crippen LogP contribution in [-0.4, -0.2) is 51.9 Å². The van der Waals surface area contributed by atoms with Gasteiger partial charge in [-0.05, 0) is 13.8 Å². The maximum absolute atomic E-state index is 11.8. The molecule has 1 aromatic rings. The molecule has 1 N–H and O–H groups in total. The van der Waals surface area contributed by atoms with Crippen molar-refractivity contribution in [3.8, 4) is 0 Å². The van der Waals surface area contributed by atoms with Gasteiger partial charge < -0.3 is 9.64 Å². The Morgan fingerprint density at radius 3 is 2.75 bits per heavy atom. The van der Waals surface area contributed by atoms with Crippen LogP contribution in [0, 0.1) is 0 Å². The van der Waals surface area contributed by atoms with Crippen LogP contribution in [0.15, 0.2) is 6.20 Å². The van der Waals surface area contributed by atoms with Crippen molar-refractivity contribution in [2.75, 3.05) is 19.7 Å². The van der Waals surface area contributed by atoms with Crippen molar-refractivity contribution in [3.63, 3.8) is 0 Å². The Morgan fingerprint density at radius 1 is 1.50 bits per heavy atom. The molecule has 0 spiro atoms. The van der Waals surface area contributed by atoms with E-state index in [4.69, 9.17) is 4.74 Å². The van der Waals surface area contributed by atoms with E-state index in [-0.39, 0.29) is 18.1 Å². The van der Waals surface area contributed by atoms with Gasteiger partial charge in [-0.15, -0.1) is 0 Å². The highest BCUT2D eigenvalue weighted by atomic mass is 16.5. The second-order valence-electron chi connectivity index (χ2n) is 2.98. The molecule has 1 amide bonds. The topological polar surface area (TPSA) is 88.2 Å². The van der Waals surface area contributed by atoms with Gasteiger partial charge in [0.25, 0.3) is 5.91 Å². The van der Waals surface area contributed by atoms with Crippen LogP contribution in [0.1, 0.15) is 24.3 Å². The van der Waals surface area contributed by atoms with E-state index in [0.29, 0.717) is 13.2 Å². The molecule has 1 heterocycles. The number of carbonyl (C=O) groups is 2. The minimum absolute atomic E-state index is 0.0734. The number of carbonyl (C=O) groups excluding carboxylic acids is 2. The summed E-state index contributed by atoms with van der Waals surface area (Å²) in [6, 6.07) is 0. The van der Waals surface area contributed by atoms with Crippen LogP contribution < -0.4 is 0 Å². The second kappa shape index (κ2) is 5.84. The predicted molar refractivity (Wildman–Crippen MR) is 54.6 cm³/mol. The van der Waals surface area contributed by atoms with E-state index < -0.39 is 5.97 Å². The molecular formula is C9H14N4O3. The van der Waals surface area contributed by atoms with E-state index in [2.05, 4.69) is 15.4 Å². The molecule has 0 unspecified atom stereocenters. The number of amides is 1. The van der Waals surface area contributed by atoms with E-state index >= 15 is 0 Å². The number of aromatic nitrogens is 3. The lowest BCUT2D eigenvalue weighted by atomic mass is 10.3. The third kappa shape index (κ3) is 3.04. The van der Waals surface area contributed by atoms with Crippen molar-refractivity contribution < 1.29 is 14.3 Å². The molecule has 0 aliphatic heterocycles. The molecule has 0 aromatic carbocycles. The van der Waals surface area contributed by atoms with Gasteiger partial charge in [-0.25, -0.2) is 0 Å². The van der Waals surface area contributed by atoms with Crippen molar-refractivity contribution in [3.05, 3.63) is 11.9 Å². The Bertz CT molecular complexity index is 350. The number of hydrogen-bond donors (Lipinski definition) is 1. The Hall–Kier alpha value is -1.92. The lowest BCUT2D eigenvalue weighted by Gasteiger charge is -2.17. The maximum atomic E-state index is 11.8. The minimum Gasteiger partial charge on any atom is -0.465 e. The molecule has 0 aliphatic carbocycles. The molecule has 16 heavy (non-hydrogen) atoms. The summed E-state index contributed by atoms with van der Waals surface area (Å²) in [5.41, 5.74) is 0.186. The van der Waals surface area contributed by atoms with Crippen LogP contribution in [0.2, 0.25) is 0 Å². The third-order valence-corrected chi connectivity index (χ3v) is 1.93. The van der Waals surface area contributed by atoms with Crippen molar-refractivity contribution >= 4 is 11.9 Å². The summed E-state index contributed by atoms with van der Waals surface area (Å²) < 4.78 is 4.77. The van der Waals surface area contributed by atoms with Gasteiger partial charge in [0, 0.05) is 6.54 Å². The smallest absolute Gasteiger partial charge is 0.325 e. The molecule has 0 atom stereocenters. The van der Waals surface area contributed by atoms with Crippen LogP contribution >= 0.6 is 0 Å². The molecule has 0 fully saturated rings. The van der Waals surface area contributed by atoms with E-state index in [1.54, 1.807) is 13.8 Å². The minimum atomic E-state index is -0.429. The molecule has 0 bridgehead atoms. The average molecular weight is 226 g/mol. The molecule has 0 aliphatic rings. The molecule has 88 valence electrons. The zero-order valence-electron chi connectivity index (χ0n) is 9.27. The highest BCUT2D eigenvalue weighted by Gasteiger charge is 2.19. The summed E-state index contributed by atoms with van der Waals surface area (Å²) >= 11 is 0. The fourth-order valence-electron chi connectivity index (χ4n) is 1.16. The van der Waals surface area contributed by atoms with Gasteiger partial charge in [0.05, 0.1) is 12.8 Å². The van der Waals surface area contributed by atoms with Crippen LogP contribution in [-0.2, 0) is 9.53 Å². The first-order valence-electron chi connectivity index (χ1n) is 4.99. The fourth-order valence-corrected chi connectivity index (χ4v) is 1.16. The lowest BCUT2D eigenvalue weighted by molar-refractivity contribution is -0.143. The van der Waals surface area contributed by atoms with Gasteiger partial charge in [0.1, 0.15) is 6.54 Å². The average Bonchev–Trinajstić information content (AvgIpc) is 2.78. The van der Waals surface area contributed by atoms with Crippen molar-refractivity contribution in [2.24, 2.45) is 0 Å². The Morgan fingerprint density at radius 2 is 2.25 bits per heavy atom. The maximum Gasteiger partial charge on any atom is 0.325 e.